The molecule has 0 unspecified atom stereocenters. The van der Waals surface area contributed by atoms with E-state index in [1.165, 1.54) is 20.3 Å². The van der Waals surface area contributed by atoms with Crippen molar-refractivity contribution in [2.45, 2.75) is 13.5 Å². The lowest BCUT2D eigenvalue weighted by Gasteiger charge is -2.21. The Hall–Kier alpha value is -3.89. The third-order valence-electron chi connectivity index (χ3n) is 4.84. The van der Waals surface area contributed by atoms with Crippen molar-refractivity contribution < 1.29 is 23.4 Å². The topological polar surface area (TPSA) is 125 Å². The number of urea groups is 1. The van der Waals surface area contributed by atoms with E-state index >= 15 is 0 Å². The van der Waals surface area contributed by atoms with Crippen molar-refractivity contribution in [3.05, 3.63) is 65.5 Å². The van der Waals surface area contributed by atoms with E-state index < -0.39 is 11.8 Å². The van der Waals surface area contributed by atoms with Crippen LogP contribution in [0.25, 0.3) is 11.1 Å². The first-order chi connectivity index (χ1) is 15.4. The molecule has 0 aliphatic rings. The number of halogens is 1. The van der Waals surface area contributed by atoms with Gasteiger partial charge in [-0.05, 0) is 42.3 Å². The van der Waals surface area contributed by atoms with Gasteiger partial charge in [-0.15, -0.1) is 0 Å². The van der Waals surface area contributed by atoms with Crippen molar-refractivity contribution in [3.63, 3.8) is 0 Å². The summed E-state index contributed by atoms with van der Waals surface area (Å²) in [6, 6.07) is 12.4. The Kier molecular flexibility index (Phi) is 7.08. The highest BCUT2D eigenvalue weighted by Crippen LogP contribution is 2.34. The Labute approximate surface area is 184 Å². The van der Waals surface area contributed by atoms with Crippen LogP contribution in [-0.2, 0) is 6.61 Å². The number of rotatable bonds is 7. The van der Waals surface area contributed by atoms with Crippen LogP contribution < -0.4 is 36.3 Å². The molecule has 168 valence electrons. The molecular weight excluding hydrogens is 417 g/mol. The molecule has 0 aliphatic heterocycles. The first-order valence-electron chi connectivity index (χ1n) is 9.55. The zero-order chi connectivity index (χ0) is 23.3. The molecule has 0 fully saturated rings. The molecule has 3 rings (SSSR count). The van der Waals surface area contributed by atoms with Crippen LogP contribution in [0.15, 0.2) is 48.5 Å². The average molecular weight is 441 g/mol. The van der Waals surface area contributed by atoms with Gasteiger partial charge in [0.2, 0.25) is 11.8 Å². The summed E-state index contributed by atoms with van der Waals surface area (Å²) in [5, 5.41) is 0.867. The summed E-state index contributed by atoms with van der Waals surface area (Å²) in [4.78, 5) is 16.1. The number of ether oxygens (including phenoxy) is 3. The molecule has 0 radical (unpaired) electrons. The van der Waals surface area contributed by atoms with Crippen LogP contribution in [-0.4, -0.2) is 25.2 Å². The number of carbonyl (C=O) groups is 1. The monoisotopic (exact) mass is 441 g/mol. The number of nitrogens with two attached hydrogens (primary N) is 2. The van der Waals surface area contributed by atoms with E-state index in [0.29, 0.717) is 34.1 Å². The Morgan fingerprint density at radius 3 is 2.62 bits per heavy atom. The van der Waals surface area contributed by atoms with E-state index in [4.69, 9.17) is 25.9 Å². The second-order valence-corrected chi connectivity index (χ2v) is 6.74. The van der Waals surface area contributed by atoms with Gasteiger partial charge >= 0.3 is 6.03 Å². The lowest BCUT2D eigenvalue weighted by atomic mass is 10.1. The van der Waals surface area contributed by atoms with E-state index in [1.54, 1.807) is 36.4 Å². The van der Waals surface area contributed by atoms with Gasteiger partial charge in [0.05, 0.1) is 19.9 Å². The highest BCUT2D eigenvalue weighted by molar-refractivity contribution is 5.91. The lowest BCUT2D eigenvalue weighted by molar-refractivity contribution is 0.246. The van der Waals surface area contributed by atoms with E-state index in [2.05, 4.69) is 4.98 Å². The molecule has 32 heavy (non-hydrogen) atoms. The Bertz CT molecular complexity index is 1130. The zero-order valence-corrected chi connectivity index (χ0v) is 17.9. The normalized spacial score (nSPS) is 10.4. The fourth-order valence-electron chi connectivity index (χ4n) is 3.12. The molecule has 0 saturated heterocycles. The first kappa shape index (κ1) is 22.8. The molecule has 2 amide bonds. The number of aromatic nitrogens is 1. The van der Waals surface area contributed by atoms with Crippen LogP contribution in [0.3, 0.4) is 0 Å². The minimum Gasteiger partial charge on any atom is -0.486 e. The molecule has 0 aliphatic carbocycles. The maximum absolute atomic E-state index is 14.5. The standard InChI is InChI=1S/C22H24FN5O4/c1-13-5-4-6-18(28(25)22(29)27-24)16(13)12-32-19-11-14(7-9-17(19)23)15-8-10-20(30-2)26-21(15)31-3/h4-11H,12,24-25H2,1-3H3,(H,27,29). The highest BCUT2D eigenvalue weighted by atomic mass is 19.1. The molecule has 9 nitrogen and oxygen atoms in total. The smallest absolute Gasteiger partial charge is 0.350 e. The molecule has 10 heteroatoms. The second kappa shape index (κ2) is 9.94. The minimum absolute atomic E-state index is 0.0152. The van der Waals surface area contributed by atoms with Gasteiger partial charge in [0.25, 0.3) is 0 Å². The molecule has 2 aromatic carbocycles. The van der Waals surface area contributed by atoms with Crippen molar-refractivity contribution in [2.24, 2.45) is 11.7 Å². The van der Waals surface area contributed by atoms with E-state index in [-0.39, 0.29) is 12.4 Å². The number of benzene rings is 2. The number of methoxy groups -OCH3 is 2. The summed E-state index contributed by atoms with van der Waals surface area (Å²) in [6.45, 7) is 1.79. The second-order valence-electron chi connectivity index (χ2n) is 6.74. The molecule has 0 bridgehead atoms. The Balaban J connectivity index is 1.92. The number of hydrogen-bond donors (Lipinski definition) is 3. The van der Waals surface area contributed by atoms with Crippen LogP contribution in [0.4, 0.5) is 14.9 Å². The first-order valence-corrected chi connectivity index (χ1v) is 9.55. The van der Waals surface area contributed by atoms with Gasteiger partial charge in [0.15, 0.2) is 11.6 Å². The number of pyridine rings is 1. The number of anilines is 1. The number of nitrogens with one attached hydrogen (secondary N) is 1. The van der Waals surface area contributed by atoms with Crippen LogP contribution in [0.1, 0.15) is 11.1 Å². The van der Waals surface area contributed by atoms with Gasteiger partial charge in [0, 0.05) is 17.2 Å². The summed E-state index contributed by atoms with van der Waals surface area (Å²) in [5.41, 5.74) is 5.04. The van der Waals surface area contributed by atoms with Crippen LogP contribution in [0.2, 0.25) is 0 Å². The van der Waals surface area contributed by atoms with Gasteiger partial charge in [0.1, 0.15) is 6.61 Å². The Morgan fingerprint density at radius 1 is 1.16 bits per heavy atom. The molecule has 5 N–H and O–H groups in total. The molecule has 0 saturated carbocycles. The lowest BCUT2D eigenvalue weighted by Crippen LogP contribution is -2.48. The third-order valence-corrected chi connectivity index (χ3v) is 4.84. The fourth-order valence-corrected chi connectivity index (χ4v) is 3.12. The maximum Gasteiger partial charge on any atom is 0.350 e. The summed E-state index contributed by atoms with van der Waals surface area (Å²) in [7, 11) is 2.99. The van der Waals surface area contributed by atoms with Crippen LogP contribution in [0.5, 0.6) is 17.5 Å². The average Bonchev–Trinajstić information content (AvgIpc) is 2.82. The number of amides is 2. The molecule has 0 spiro atoms. The Morgan fingerprint density at radius 2 is 1.94 bits per heavy atom. The van der Waals surface area contributed by atoms with Gasteiger partial charge < -0.3 is 14.2 Å². The van der Waals surface area contributed by atoms with Gasteiger partial charge in [-0.25, -0.2) is 25.9 Å². The van der Waals surface area contributed by atoms with Crippen LogP contribution in [0, 0.1) is 12.7 Å². The van der Waals surface area contributed by atoms with Crippen molar-refractivity contribution in [2.75, 3.05) is 19.2 Å². The summed E-state index contributed by atoms with van der Waals surface area (Å²) in [5.74, 6) is 11.2. The van der Waals surface area contributed by atoms with E-state index in [1.807, 2.05) is 18.4 Å². The molecule has 0 atom stereocenters. The predicted molar refractivity (Wildman–Crippen MR) is 118 cm³/mol. The number of hydrogen-bond acceptors (Lipinski definition) is 7. The van der Waals surface area contributed by atoms with Gasteiger partial charge in [-0.2, -0.15) is 4.98 Å². The third kappa shape index (κ3) is 4.71. The summed E-state index contributed by atoms with van der Waals surface area (Å²) >= 11 is 0. The molecule has 1 heterocycles. The number of hydrazine groups is 2. The largest absolute Gasteiger partial charge is 0.486 e. The number of nitrogens with zero attached hydrogens (tertiary/aromatic N) is 2. The SMILES string of the molecule is COc1ccc(-c2ccc(F)c(OCc3c(C)cccc3N(N)C(=O)NN)c2)c(OC)n1. The predicted octanol–water partition coefficient (Wildman–Crippen LogP) is 3.06. The van der Waals surface area contributed by atoms with Crippen molar-refractivity contribution in [1.82, 2.24) is 10.4 Å². The van der Waals surface area contributed by atoms with Gasteiger partial charge in [-0.1, -0.05) is 18.2 Å². The molecule has 3 aromatic rings. The summed E-state index contributed by atoms with van der Waals surface area (Å²) in [6.07, 6.45) is 0. The number of aryl methyl sites for hydroxylation is 1. The van der Waals surface area contributed by atoms with Crippen molar-refractivity contribution in [3.8, 4) is 28.6 Å². The zero-order valence-electron chi connectivity index (χ0n) is 17.9. The van der Waals surface area contributed by atoms with Crippen molar-refractivity contribution in [1.29, 1.82) is 0 Å². The van der Waals surface area contributed by atoms with E-state index in [9.17, 15) is 9.18 Å². The maximum atomic E-state index is 14.5. The van der Waals surface area contributed by atoms with Gasteiger partial charge in [-0.3, -0.25) is 5.43 Å². The van der Waals surface area contributed by atoms with Crippen LogP contribution >= 0.6 is 0 Å². The highest BCUT2D eigenvalue weighted by Gasteiger charge is 2.18. The van der Waals surface area contributed by atoms with E-state index in [0.717, 1.165) is 10.6 Å². The summed E-state index contributed by atoms with van der Waals surface area (Å²) < 4.78 is 30.8. The molecular formula is C22H24FN5O4. The fraction of sp³-hybridized carbons (Fsp3) is 0.182. The van der Waals surface area contributed by atoms with Crippen molar-refractivity contribution >= 4 is 11.7 Å². The number of carbonyl (C=O) groups excluding carboxylic acids is 1. The quantitative estimate of drug-likeness (QED) is 0.292. The molecule has 1 aromatic heterocycles. The minimum atomic E-state index is -0.705.